The van der Waals surface area contributed by atoms with E-state index < -0.39 is 5.60 Å². The molecule has 0 aliphatic carbocycles. The zero-order chi connectivity index (χ0) is 14.8. The summed E-state index contributed by atoms with van der Waals surface area (Å²) in [5, 5.41) is 2.95. The number of H-pyrrole nitrogens is 1. The third-order valence-electron chi connectivity index (χ3n) is 3.56. The highest BCUT2D eigenvalue weighted by atomic mass is 16.6. The van der Waals surface area contributed by atoms with Crippen molar-refractivity contribution in [1.29, 1.82) is 0 Å². The molecule has 2 rings (SSSR count). The molecule has 1 aromatic rings. The monoisotopic (exact) mass is 279 g/mol. The third kappa shape index (κ3) is 4.00. The van der Waals surface area contributed by atoms with Gasteiger partial charge in [0.1, 0.15) is 5.60 Å². The molecule has 5 nitrogen and oxygen atoms in total. The second kappa shape index (κ2) is 5.87. The number of likely N-dealkylation sites (tertiary alicyclic amines) is 1. The summed E-state index contributed by atoms with van der Waals surface area (Å²) in [7, 11) is 0. The Morgan fingerprint density at radius 1 is 1.55 bits per heavy atom. The smallest absolute Gasteiger partial charge is 0.407 e. The summed E-state index contributed by atoms with van der Waals surface area (Å²) in [4.78, 5) is 17.4. The first-order valence-electron chi connectivity index (χ1n) is 7.22. The van der Waals surface area contributed by atoms with Crippen molar-refractivity contribution in [2.75, 3.05) is 13.1 Å². The summed E-state index contributed by atoms with van der Waals surface area (Å²) < 4.78 is 5.29. The van der Waals surface area contributed by atoms with E-state index in [2.05, 4.69) is 28.2 Å². The Labute approximate surface area is 120 Å². The molecular weight excluding hydrogens is 254 g/mol. The molecule has 1 aliphatic heterocycles. The van der Waals surface area contributed by atoms with Crippen LogP contribution in [0.25, 0.3) is 0 Å². The van der Waals surface area contributed by atoms with E-state index >= 15 is 0 Å². The molecule has 1 aromatic heterocycles. The van der Waals surface area contributed by atoms with Gasteiger partial charge in [-0.25, -0.2) is 4.79 Å². The van der Waals surface area contributed by atoms with Crippen LogP contribution in [0.4, 0.5) is 4.79 Å². The zero-order valence-corrected chi connectivity index (χ0v) is 12.8. The fourth-order valence-corrected chi connectivity index (χ4v) is 2.53. The maximum absolute atomic E-state index is 11.8. The maximum Gasteiger partial charge on any atom is 0.407 e. The number of ether oxygens (including phenoxy) is 1. The predicted molar refractivity (Wildman–Crippen MR) is 78.6 cm³/mol. The van der Waals surface area contributed by atoms with Gasteiger partial charge in [-0.05, 0) is 46.2 Å². The first-order valence-corrected chi connectivity index (χ1v) is 7.22. The molecule has 0 aromatic carbocycles. The van der Waals surface area contributed by atoms with Crippen LogP contribution in [0.2, 0.25) is 0 Å². The van der Waals surface area contributed by atoms with Crippen LogP contribution in [0.1, 0.15) is 45.9 Å². The highest BCUT2D eigenvalue weighted by Gasteiger charge is 2.29. The van der Waals surface area contributed by atoms with Crippen LogP contribution < -0.4 is 5.32 Å². The van der Waals surface area contributed by atoms with Crippen LogP contribution in [-0.4, -0.2) is 40.7 Å². The number of alkyl carbamates (subject to hydrolysis) is 1. The molecule has 0 spiro atoms. The minimum absolute atomic E-state index is 0.169. The lowest BCUT2D eigenvalue weighted by molar-refractivity contribution is 0.0504. The van der Waals surface area contributed by atoms with Gasteiger partial charge < -0.3 is 15.0 Å². The maximum atomic E-state index is 11.8. The molecule has 0 saturated carbocycles. The zero-order valence-electron chi connectivity index (χ0n) is 12.8. The normalized spacial score (nSPS) is 21.7. The molecule has 1 fully saturated rings. The first-order chi connectivity index (χ1) is 9.35. The van der Waals surface area contributed by atoms with Crippen LogP contribution in [0.5, 0.6) is 0 Å². The number of carbonyl (C=O) groups is 1. The van der Waals surface area contributed by atoms with Crippen molar-refractivity contribution in [2.24, 2.45) is 0 Å². The molecule has 20 heavy (non-hydrogen) atoms. The molecule has 1 amide bonds. The van der Waals surface area contributed by atoms with Gasteiger partial charge in [0, 0.05) is 37.1 Å². The number of aromatic amines is 1. The third-order valence-corrected chi connectivity index (χ3v) is 3.56. The van der Waals surface area contributed by atoms with Crippen molar-refractivity contribution in [1.82, 2.24) is 15.2 Å². The second-order valence-corrected chi connectivity index (χ2v) is 6.43. The fourth-order valence-electron chi connectivity index (χ4n) is 2.53. The van der Waals surface area contributed by atoms with Gasteiger partial charge in [-0.2, -0.15) is 0 Å². The Hall–Kier alpha value is -1.49. The summed E-state index contributed by atoms with van der Waals surface area (Å²) in [6.45, 7) is 9.66. The Morgan fingerprint density at radius 2 is 2.30 bits per heavy atom. The SMILES string of the molecule is C[C@H](c1ccc[nH]1)N1CC[C@H](NC(=O)OC(C)(C)C)C1. The van der Waals surface area contributed by atoms with Crippen molar-refractivity contribution < 1.29 is 9.53 Å². The molecule has 0 bridgehead atoms. The van der Waals surface area contributed by atoms with E-state index in [1.165, 1.54) is 5.69 Å². The molecule has 0 unspecified atom stereocenters. The summed E-state index contributed by atoms with van der Waals surface area (Å²) in [6, 6.07) is 4.62. The molecule has 2 heterocycles. The van der Waals surface area contributed by atoms with Crippen LogP contribution >= 0.6 is 0 Å². The van der Waals surface area contributed by atoms with Gasteiger partial charge in [-0.3, -0.25) is 4.90 Å². The number of carbonyl (C=O) groups excluding carboxylic acids is 1. The minimum atomic E-state index is -0.445. The van der Waals surface area contributed by atoms with Crippen LogP contribution in [0.3, 0.4) is 0 Å². The molecule has 1 aliphatic rings. The van der Waals surface area contributed by atoms with Crippen LogP contribution in [0, 0.1) is 0 Å². The van der Waals surface area contributed by atoms with E-state index in [-0.39, 0.29) is 12.1 Å². The number of rotatable bonds is 3. The van der Waals surface area contributed by atoms with Crippen molar-refractivity contribution in [3.8, 4) is 0 Å². The van der Waals surface area contributed by atoms with E-state index in [0.717, 1.165) is 19.5 Å². The van der Waals surface area contributed by atoms with Crippen molar-refractivity contribution in [2.45, 2.75) is 51.8 Å². The lowest BCUT2D eigenvalue weighted by Gasteiger charge is -2.24. The van der Waals surface area contributed by atoms with Gasteiger partial charge in [-0.1, -0.05) is 0 Å². The first kappa shape index (κ1) is 14.9. The molecule has 112 valence electrons. The molecule has 5 heteroatoms. The van der Waals surface area contributed by atoms with Gasteiger partial charge in [0.05, 0.1) is 0 Å². The summed E-state index contributed by atoms with van der Waals surface area (Å²) >= 11 is 0. The average molecular weight is 279 g/mol. The minimum Gasteiger partial charge on any atom is -0.444 e. The Bertz CT molecular complexity index is 436. The Balaban J connectivity index is 1.82. The number of aromatic nitrogens is 1. The van der Waals surface area contributed by atoms with E-state index in [1.807, 2.05) is 33.0 Å². The molecule has 1 saturated heterocycles. The van der Waals surface area contributed by atoms with Gasteiger partial charge in [0.2, 0.25) is 0 Å². The van der Waals surface area contributed by atoms with E-state index in [9.17, 15) is 4.79 Å². The van der Waals surface area contributed by atoms with Gasteiger partial charge in [0.15, 0.2) is 0 Å². The number of nitrogens with one attached hydrogen (secondary N) is 2. The van der Waals surface area contributed by atoms with E-state index in [4.69, 9.17) is 4.74 Å². The van der Waals surface area contributed by atoms with Crippen molar-refractivity contribution in [3.05, 3.63) is 24.0 Å². The van der Waals surface area contributed by atoms with Crippen LogP contribution in [-0.2, 0) is 4.74 Å². The summed E-state index contributed by atoms with van der Waals surface area (Å²) in [5.74, 6) is 0. The van der Waals surface area contributed by atoms with Gasteiger partial charge in [0.25, 0.3) is 0 Å². The highest BCUT2D eigenvalue weighted by molar-refractivity contribution is 5.68. The van der Waals surface area contributed by atoms with Gasteiger partial charge in [-0.15, -0.1) is 0 Å². The summed E-state index contributed by atoms with van der Waals surface area (Å²) in [5.41, 5.74) is 0.767. The quantitative estimate of drug-likeness (QED) is 0.894. The largest absolute Gasteiger partial charge is 0.444 e. The molecule has 2 N–H and O–H groups in total. The number of hydrogen-bond acceptors (Lipinski definition) is 3. The number of amides is 1. The lowest BCUT2D eigenvalue weighted by Crippen LogP contribution is -2.40. The average Bonchev–Trinajstić information content (AvgIpc) is 2.95. The molecule has 2 atom stereocenters. The lowest BCUT2D eigenvalue weighted by atomic mass is 10.2. The topological polar surface area (TPSA) is 57.4 Å². The standard InChI is InChI=1S/C15H25N3O2/c1-11(13-6-5-8-16-13)18-9-7-12(10-18)17-14(19)20-15(2,3)4/h5-6,8,11-12,16H,7,9-10H2,1-4H3,(H,17,19)/t11-,12+/m1/s1. The Morgan fingerprint density at radius 3 is 2.90 bits per heavy atom. The van der Waals surface area contributed by atoms with E-state index in [1.54, 1.807) is 0 Å². The van der Waals surface area contributed by atoms with E-state index in [0.29, 0.717) is 6.04 Å². The van der Waals surface area contributed by atoms with Crippen LogP contribution in [0.15, 0.2) is 18.3 Å². The van der Waals surface area contributed by atoms with Crippen molar-refractivity contribution >= 4 is 6.09 Å². The Kier molecular flexibility index (Phi) is 4.38. The highest BCUT2D eigenvalue weighted by Crippen LogP contribution is 2.23. The fraction of sp³-hybridized carbons (Fsp3) is 0.667. The number of hydrogen-bond donors (Lipinski definition) is 2. The van der Waals surface area contributed by atoms with Crippen molar-refractivity contribution in [3.63, 3.8) is 0 Å². The second-order valence-electron chi connectivity index (χ2n) is 6.43. The molecular formula is C15H25N3O2. The predicted octanol–water partition coefficient (Wildman–Crippen LogP) is 2.67. The van der Waals surface area contributed by atoms with Gasteiger partial charge >= 0.3 is 6.09 Å². The number of nitrogens with zero attached hydrogens (tertiary/aromatic N) is 1. The molecule has 0 radical (unpaired) electrons. The summed E-state index contributed by atoms with van der Waals surface area (Å²) in [6.07, 6.45) is 2.58.